The van der Waals surface area contributed by atoms with E-state index in [9.17, 15) is 0 Å². The Hall–Kier alpha value is -1.17. The van der Waals surface area contributed by atoms with E-state index in [1.807, 2.05) is 60.9 Å². The maximum absolute atomic E-state index is 5.68. The minimum atomic E-state index is 0.725. The first-order chi connectivity index (χ1) is 12.8. The predicted molar refractivity (Wildman–Crippen MR) is 115 cm³/mol. The van der Waals surface area contributed by atoms with Crippen LogP contribution in [0.5, 0.6) is 5.88 Å². The van der Waals surface area contributed by atoms with Crippen molar-refractivity contribution in [2.45, 2.75) is 54.5 Å². The lowest BCUT2D eigenvalue weighted by Gasteiger charge is -2.32. The van der Waals surface area contributed by atoms with E-state index >= 15 is 0 Å². The highest BCUT2D eigenvalue weighted by atomic mass is 16.5. The van der Waals surface area contributed by atoms with Crippen LogP contribution in [-0.2, 0) is 6.54 Å². The molecule has 26 heavy (non-hydrogen) atoms. The fourth-order valence-electron chi connectivity index (χ4n) is 2.34. The fourth-order valence-corrected chi connectivity index (χ4v) is 2.34. The highest BCUT2D eigenvalue weighted by Crippen LogP contribution is 2.08. The van der Waals surface area contributed by atoms with Gasteiger partial charge in [0.25, 0.3) is 0 Å². The van der Waals surface area contributed by atoms with Crippen LogP contribution < -0.4 is 10.1 Å². The third-order valence-electron chi connectivity index (χ3n) is 3.64. The van der Waals surface area contributed by atoms with Gasteiger partial charge < -0.3 is 19.9 Å². The van der Waals surface area contributed by atoms with Gasteiger partial charge in [-0.05, 0) is 26.1 Å². The maximum Gasteiger partial charge on any atom is 0.213 e. The maximum atomic E-state index is 5.68. The zero-order valence-electron chi connectivity index (χ0n) is 18.6. The summed E-state index contributed by atoms with van der Waals surface area (Å²) in [5, 5.41) is 3.11. The zero-order chi connectivity index (χ0) is 20.2. The third-order valence-corrected chi connectivity index (χ3v) is 3.64. The standard InChI is InChI=1S/C15H26N4O.3C2H6/c1-16-12-14-4-5-15(17-13-14)20-11-3-6-19-9-7-18(2)8-10-19;3*1-2/h4-5,13,16H,3,6-12H2,1-2H3;3*1-2H3. The molecule has 1 aliphatic rings. The number of piperazine rings is 1. The van der Waals surface area contributed by atoms with Crippen LogP contribution in [0.25, 0.3) is 0 Å². The summed E-state index contributed by atoms with van der Waals surface area (Å²) < 4.78 is 5.68. The molecule has 1 aromatic heterocycles. The normalized spacial score (nSPS) is 14.0. The largest absolute Gasteiger partial charge is 0.478 e. The predicted octanol–water partition coefficient (Wildman–Crippen LogP) is 3.90. The minimum Gasteiger partial charge on any atom is -0.478 e. The van der Waals surface area contributed by atoms with Gasteiger partial charge in [-0.15, -0.1) is 0 Å². The van der Waals surface area contributed by atoms with Crippen LogP contribution in [0.4, 0.5) is 0 Å². The van der Waals surface area contributed by atoms with Crippen molar-refractivity contribution in [3.8, 4) is 5.88 Å². The summed E-state index contributed by atoms with van der Waals surface area (Å²) >= 11 is 0. The van der Waals surface area contributed by atoms with Crippen LogP contribution in [0.3, 0.4) is 0 Å². The fraction of sp³-hybridized carbons (Fsp3) is 0.762. The Kier molecular flexibility index (Phi) is 21.0. The second-order valence-electron chi connectivity index (χ2n) is 5.38. The number of aromatic nitrogens is 1. The van der Waals surface area contributed by atoms with Crippen LogP contribution in [0, 0.1) is 0 Å². The van der Waals surface area contributed by atoms with Crippen LogP contribution in [0.2, 0.25) is 0 Å². The molecule has 0 spiro atoms. The average molecular weight is 369 g/mol. The van der Waals surface area contributed by atoms with Crippen molar-refractivity contribution in [1.82, 2.24) is 20.1 Å². The molecule has 5 heteroatoms. The van der Waals surface area contributed by atoms with Gasteiger partial charge in [-0.3, -0.25) is 0 Å². The monoisotopic (exact) mass is 368 g/mol. The quantitative estimate of drug-likeness (QED) is 0.739. The highest BCUT2D eigenvalue weighted by molar-refractivity contribution is 5.17. The number of pyridine rings is 1. The molecular weight excluding hydrogens is 324 g/mol. The number of hydrogen-bond acceptors (Lipinski definition) is 5. The number of likely N-dealkylation sites (N-methyl/N-ethyl adjacent to an activating group) is 1. The van der Waals surface area contributed by atoms with Crippen molar-refractivity contribution < 1.29 is 4.74 Å². The summed E-state index contributed by atoms with van der Waals surface area (Å²) in [4.78, 5) is 9.19. The van der Waals surface area contributed by atoms with Crippen molar-refractivity contribution in [3.63, 3.8) is 0 Å². The lowest BCUT2D eigenvalue weighted by Crippen LogP contribution is -2.44. The third kappa shape index (κ3) is 13.1. The molecule has 0 aliphatic carbocycles. The summed E-state index contributed by atoms with van der Waals surface area (Å²) in [6.45, 7) is 19.4. The van der Waals surface area contributed by atoms with E-state index in [0.717, 1.165) is 32.0 Å². The van der Waals surface area contributed by atoms with Gasteiger partial charge in [0.2, 0.25) is 5.88 Å². The number of hydrogen-bond donors (Lipinski definition) is 1. The lowest BCUT2D eigenvalue weighted by molar-refractivity contribution is 0.145. The molecular formula is C21H44N4O. The van der Waals surface area contributed by atoms with Gasteiger partial charge in [0.15, 0.2) is 0 Å². The van der Waals surface area contributed by atoms with E-state index < -0.39 is 0 Å². The Morgan fingerprint density at radius 3 is 2.12 bits per heavy atom. The molecule has 0 unspecified atom stereocenters. The molecule has 1 fully saturated rings. The second-order valence-corrected chi connectivity index (χ2v) is 5.38. The van der Waals surface area contributed by atoms with Crippen molar-refractivity contribution >= 4 is 0 Å². The van der Waals surface area contributed by atoms with Gasteiger partial charge in [0.1, 0.15) is 0 Å². The Labute approximate surface area is 163 Å². The molecule has 0 aromatic carbocycles. The molecule has 1 N–H and O–H groups in total. The molecule has 1 saturated heterocycles. The van der Waals surface area contributed by atoms with Gasteiger partial charge in [-0.2, -0.15) is 0 Å². The number of rotatable bonds is 7. The first-order valence-corrected chi connectivity index (χ1v) is 10.4. The summed E-state index contributed by atoms with van der Waals surface area (Å²) in [5.41, 5.74) is 1.18. The summed E-state index contributed by atoms with van der Waals surface area (Å²) in [6, 6.07) is 4.00. The van der Waals surface area contributed by atoms with Crippen LogP contribution >= 0.6 is 0 Å². The van der Waals surface area contributed by atoms with Crippen LogP contribution in [0.1, 0.15) is 53.5 Å². The minimum absolute atomic E-state index is 0.725. The van der Waals surface area contributed by atoms with Crippen molar-refractivity contribution in [2.24, 2.45) is 0 Å². The molecule has 154 valence electrons. The Balaban J connectivity index is 0. The van der Waals surface area contributed by atoms with Gasteiger partial charge in [0.05, 0.1) is 6.61 Å². The second kappa shape index (κ2) is 20.1. The number of ether oxygens (including phenoxy) is 1. The average Bonchev–Trinajstić information content (AvgIpc) is 2.73. The molecule has 5 nitrogen and oxygen atoms in total. The lowest BCUT2D eigenvalue weighted by atomic mass is 10.3. The highest BCUT2D eigenvalue weighted by Gasteiger charge is 2.12. The van der Waals surface area contributed by atoms with Crippen molar-refractivity contribution in [3.05, 3.63) is 23.9 Å². The van der Waals surface area contributed by atoms with Gasteiger partial charge in [0, 0.05) is 51.5 Å². The van der Waals surface area contributed by atoms with E-state index in [4.69, 9.17) is 4.74 Å². The molecule has 1 aliphatic heterocycles. The van der Waals surface area contributed by atoms with E-state index in [1.165, 1.54) is 31.7 Å². The first-order valence-electron chi connectivity index (χ1n) is 10.4. The molecule has 2 heterocycles. The smallest absolute Gasteiger partial charge is 0.213 e. The van der Waals surface area contributed by atoms with E-state index in [1.54, 1.807) is 0 Å². The van der Waals surface area contributed by atoms with E-state index in [-0.39, 0.29) is 0 Å². The van der Waals surface area contributed by atoms with Crippen LogP contribution in [0.15, 0.2) is 18.3 Å². The summed E-state index contributed by atoms with van der Waals surface area (Å²) in [5.74, 6) is 0.725. The van der Waals surface area contributed by atoms with E-state index in [2.05, 4.69) is 33.2 Å². The molecule has 1 aromatic rings. The van der Waals surface area contributed by atoms with Gasteiger partial charge >= 0.3 is 0 Å². The molecule has 2 rings (SSSR count). The Morgan fingerprint density at radius 2 is 1.62 bits per heavy atom. The van der Waals surface area contributed by atoms with E-state index in [0.29, 0.717) is 0 Å². The molecule has 0 bridgehead atoms. The Bertz CT molecular complexity index is 376. The molecule has 0 saturated carbocycles. The first kappa shape index (κ1) is 27.1. The molecule has 0 atom stereocenters. The zero-order valence-corrected chi connectivity index (χ0v) is 18.6. The molecule has 0 amide bonds. The number of nitrogens with one attached hydrogen (secondary N) is 1. The topological polar surface area (TPSA) is 40.6 Å². The van der Waals surface area contributed by atoms with Gasteiger partial charge in [-0.1, -0.05) is 47.6 Å². The molecule has 0 radical (unpaired) electrons. The van der Waals surface area contributed by atoms with Crippen LogP contribution in [-0.4, -0.2) is 68.2 Å². The number of nitrogens with zero attached hydrogens (tertiary/aromatic N) is 3. The van der Waals surface area contributed by atoms with Crippen molar-refractivity contribution in [2.75, 3.05) is 53.4 Å². The summed E-state index contributed by atoms with van der Waals surface area (Å²) in [6.07, 6.45) is 2.93. The SMILES string of the molecule is CC.CC.CC.CNCc1ccc(OCCCN2CCN(C)CC2)nc1. The summed E-state index contributed by atoms with van der Waals surface area (Å²) in [7, 11) is 4.12. The van der Waals surface area contributed by atoms with Crippen molar-refractivity contribution in [1.29, 1.82) is 0 Å². The Morgan fingerprint density at radius 1 is 1.00 bits per heavy atom. The van der Waals surface area contributed by atoms with Gasteiger partial charge in [-0.25, -0.2) is 4.98 Å².